The third-order valence-electron chi connectivity index (χ3n) is 7.90. The minimum atomic E-state index is -0.430. The van der Waals surface area contributed by atoms with E-state index in [1.54, 1.807) is 6.20 Å². The van der Waals surface area contributed by atoms with Gasteiger partial charge in [0.05, 0.1) is 29.7 Å². The van der Waals surface area contributed by atoms with Gasteiger partial charge in [0.1, 0.15) is 17.9 Å². The molecule has 0 aliphatic heterocycles. The molecule has 0 bridgehead atoms. The van der Waals surface area contributed by atoms with Gasteiger partial charge in [-0.2, -0.15) is 5.26 Å². The van der Waals surface area contributed by atoms with E-state index in [1.807, 2.05) is 60.4 Å². The first kappa shape index (κ1) is 25.1. The molecule has 4 aromatic rings. The van der Waals surface area contributed by atoms with Gasteiger partial charge in [-0.1, -0.05) is 12.1 Å². The number of fused-ring (bicyclic) bond motifs is 1. The number of nitriles is 1. The third kappa shape index (κ3) is 5.35. The van der Waals surface area contributed by atoms with Crippen LogP contribution in [0.4, 0.5) is 10.5 Å². The van der Waals surface area contributed by atoms with Crippen LogP contribution in [0.25, 0.3) is 22.2 Å². The predicted molar refractivity (Wildman–Crippen MR) is 150 cm³/mol. The lowest BCUT2D eigenvalue weighted by atomic mass is 9.92. The zero-order valence-electron chi connectivity index (χ0n) is 22.2. The van der Waals surface area contributed by atoms with Crippen molar-refractivity contribution < 1.29 is 14.3 Å². The summed E-state index contributed by atoms with van der Waals surface area (Å²) in [6.07, 6.45) is 11.5. The Labute approximate surface area is 228 Å². The quantitative estimate of drug-likeness (QED) is 0.228. The van der Waals surface area contributed by atoms with Crippen LogP contribution in [0, 0.1) is 17.2 Å². The number of ether oxygens (including phenoxy) is 2. The molecule has 39 heavy (non-hydrogen) atoms. The smallest absolute Gasteiger partial charge is 0.411 e. The molecule has 2 saturated carbocycles. The van der Waals surface area contributed by atoms with Crippen molar-refractivity contribution in [3.05, 3.63) is 66.7 Å². The van der Waals surface area contributed by atoms with E-state index in [0.29, 0.717) is 29.8 Å². The molecule has 8 nitrogen and oxygen atoms in total. The van der Waals surface area contributed by atoms with E-state index in [1.165, 1.54) is 6.42 Å². The zero-order chi connectivity index (χ0) is 26.8. The molecule has 0 saturated heterocycles. The van der Waals surface area contributed by atoms with Gasteiger partial charge in [0.15, 0.2) is 0 Å². The Morgan fingerprint density at radius 1 is 1.18 bits per heavy atom. The van der Waals surface area contributed by atoms with Crippen LogP contribution in [0.1, 0.15) is 57.1 Å². The molecule has 2 aliphatic rings. The van der Waals surface area contributed by atoms with Gasteiger partial charge in [0, 0.05) is 42.1 Å². The van der Waals surface area contributed by atoms with Gasteiger partial charge in [0.25, 0.3) is 0 Å². The number of carbonyl (C=O) groups is 1. The maximum absolute atomic E-state index is 12.3. The second-order valence-corrected chi connectivity index (χ2v) is 10.6. The third-order valence-corrected chi connectivity index (χ3v) is 7.90. The largest absolute Gasteiger partial charge is 0.493 e. The lowest BCUT2D eigenvalue weighted by molar-refractivity contribution is 0.108. The topological polar surface area (TPSA) is 94.1 Å². The Bertz CT molecular complexity index is 1490. The average molecular weight is 524 g/mol. The van der Waals surface area contributed by atoms with Crippen molar-refractivity contribution in [1.82, 2.24) is 14.1 Å². The van der Waals surface area contributed by atoms with E-state index in [4.69, 9.17) is 9.47 Å². The normalized spacial score (nSPS) is 15.9. The molecule has 0 radical (unpaired) electrons. The lowest BCUT2D eigenvalue weighted by Crippen LogP contribution is -2.21. The first-order chi connectivity index (χ1) is 19.1. The van der Waals surface area contributed by atoms with Crippen molar-refractivity contribution in [3.8, 4) is 23.1 Å². The molecule has 2 aromatic heterocycles. The second kappa shape index (κ2) is 10.9. The number of hydrogen-bond acceptors (Lipinski definition) is 5. The van der Waals surface area contributed by atoms with E-state index in [-0.39, 0.29) is 6.10 Å². The molecule has 0 unspecified atom stereocenters. The van der Waals surface area contributed by atoms with E-state index in [9.17, 15) is 10.1 Å². The molecule has 2 heterocycles. The molecular formula is C31H33N5O3. The van der Waals surface area contributed by atoms with Crippen LogP contribution in [-0.4, -0.2) is 32.9 Å². The molecular weight excluding hydrogens is 490 g/mol. The number of anilines is 1. The molecule has 6 rings (SSSR count). The van der Waals surface area contributed by atoms with Crippen molar-refractivity contribution in [2.45, 2.75) is 64.1 Å². The molecule has 1 N–H and O–H groups in total. The van der Waals surface area contributed by atoms with Gasteiger partial charge in [-0.3, -0.25) is 5.32 Å². The maximum Gasteiger partial charge on any atom is 0.411 e. The number of amides is 1. The fourth-order valence-corrected chi connectivity index (χ4v) is 5.35. The number of aromatic nitrogens is 3. The second-order valence-electron chi connectivity index (χ2n) is 10.6. The van der Waals surface area contributed by atoms with Crippen LogP contribution in [0.3, 0.4) is 0 Å². The van der Waals surface area contributed by atoms with Gasteiger partial charge < -0.3 is 18.6 Å². The Morgan fingerprint density at radius 2 is 2.00 bits per heavy atom. The highest BCUT2D eigenvalue weighted by Crippen LogP contribution is 2.43. The molecule has 0 spiro atoms. The number of hydrogen-bond donors (Lipinski definition) is 1. The van der Waals surface area contributed by atoms with E-state index < -0.39 is 6.09 Å². The summed E-state index contributed by atoms with van der Waals surface area (Å²) in [4.78, 5) is 16.4. The number of rotatable bonds is 10. The summed E-state index contributed by atoms with van der Waals surface area (Å²) in [5, 5.41) is 14.0. The summed E-state index contributed by atoms with van der Waals surface area (Å²) in [7, 11) is 0. The first-order valence-corrected chi connectivity index (χ1v) is 13.9. The Kier molecular flexibility index (Phi) is 6.97. The maximum atomic E-state index is 12.3. The molecule has 200 valence electrons. The van der Waals surface area contributed by atoms with Crippen LogP contribution in [0.15, 0.2) is 61.2 Å². The monoisotopic (exact) mass is 523 g/mol. The fourth-order valence-electron chi connectivity index (χ4n) is 5.35. The summed E-state index contributed by atoms with van der Waals surface area (Å²) in [5.74, 6) is 1.30. The van der Waals surface area contributed by atoms with Crippen molar-refractivity contribution in [2.75, 3.05) is 11.9 Å². The van der Waals surface area contributed by atoms with Crippen molar-refractivity contribution in [3.63, 3.8) is 0 Å². The zero-order valence-corrected chi connectivity index (χ0v) is 22.2. The SMILES string of the molecule is C[C@@H](OC(=O)Nc1ccc(-c2c(C#N)c3ccc(OCCCn4ccnc4)cc3n2C2CCC2)cc1)C1CC1. The van der Waals surface area contributed by atoms with Crippen molar-refractivity contribution in [1.29, 1.82) is 5.26 Å². The highest BCUT2D eigenvalue weighted by atomic mass is 16.6. The summed E-state index contributed by atoms with van der Waals surface area (Å²) in [6, 6.07) is 16.5. The van der Waals surface area contributed by atoms with E-state index in [2.05, 4.69) is 27.0 Å². The number of imidazole rings is 1. The molecule has 2 aromatic carbocycles. The average Bonchev–Trinajstić information content (AvgIpc) is 3.55. The van der Waals surface area contributed by atoms with Crippen molar-refractivity contribution in [2.24, 2.45) is 5.92 Å². The van der Waals surface area contributed by atoms with Crippen LogP contribution >= 0.6 is 0 Å². The molecule has 2 aliphatic carbocycles. The highest BCUT2D eigenvalue weighted by Gasteiger charge is 2.31. The van der Waals surface area contributed by atoms with Gasteiger partial charge in [-0.25, -0.2) is 9.78 Å². The molecule has 2 fully saturated rings. The van der Waals surface area contributed by atoms with E-state index >= 15 is 0 Å². The summed E-state index contributed by atoms with van der Waals surface area (Å²) in [5.41, 5.74) is 4.23. The predicted octanol–water partition coefficient (Wildman–Crippen LogP) is 6.92. The summed E-state index contributed by atoms with van der Waals surface area (Å²) < 4.78 is 16.0. The van der Waals surface area contributed by atoms with Gasteiger partial charge >= 0.3 is 6.09 Å². The Balaban J connectivity index is 1.24. The molecule has 8 heteroatoms. The van der Waals surface area contributed by atoms with Crippen LogP contribution in [0.2, 0.25) is 0 Å². The molecule has 1 amide bonds. The number of nitrogens with one attached hydrogen (secondary N) is 1. The highest BCUT2D eigenvalue weighted by molar-refractivity contribution is 5.96. The fraction of sp³-hybridized carbons (Fsp3) is 0.387. The summed E-state index contributed by atoms with van der Waals surface area (Å²) >= 11 is 0. The number of benzene rings is 2. The van der Waals surface area contributed by atoms with Gasteiger partial charge in [-0.15, -0.1) is 0 Å². The number of nitrogens with zero attached hydrogens (tertiary/aromatic N) is 4. The minimum Gasteiger partial charge on any atom is -0.493 e. The van der Waals surface area contributed by atoms with E-state index in [0.717, 1.165) is 66.6 Å². The van der Waals surface area contributed by atoms with Crippen LogP contribution < -0.4 is 10.1 Å². The van der Waals surface area contributed by atoms with Crippen LogP contribution in [-0.2, 0) is 11.3 Å². The van der Waals surface area contributed by atoms with Gasteiger partial charge in [-0.05, 0) is 81.2 Å². The first-order valence-electron chi connectivity index (χ1n) is 13.9. The summed E-state index contributed by atoms with van der Waals surface area (Å²) in [6.45, 7) is 3.40. The van der Waals surface area contributed by atoms with Gasteiger partial charge in [0.2, 0.25) is 0 Å². The Hall–Kier alpha value is -4.25. The number of carbonyl (C=O) groups excluding carboxylic acids is 1. The number of aryl methyl sites for hydroxylation is 1. The standard InChI is InChI=1S/C31H33N5O3/c1-21(22-6-7-22)39-31(37)34-24-10-8-23(9-11-24)30-28(19-32)27-13-12-26(18-29(27)36(30)25-4-2-5-25)38-17-3-15-35-16-14-33-20-35/h8-14,16,18,20-22,25H,2-7,15,17H2,1H3,(H,34,37)/t21-/m1/s1. The molecule has 1 atom stereocenters. The minimum absolute atomic E-state index is 0.0637. The Morgan fingerprint density at radius 3 is 2.67 bits per heavy atom. The lowest BCUT2D eigenvalue weighted by Gasteiger charge is -2.30. The van der Waals surface area contributed by atoms with Crippen LogP contribution in [0.5, 0.6) is 5.75 Å². The van der Waals surface area contributed by atoms with Crippen molar-refractivity contribution >= 4 is 22.7 Å².